The molecule has 8 aromatic carbocycles. The molecule has 0 aliphatic carbocycles. The summed E-state index contributed by atoms with van der Waals surface area (Å²) in [7, 11) is 0. The van der Waals surface area contributed by atoms with Crippen molar-refractivity contribution in [2.75, 3.05) is 0 Å². The molecule has 8 aromatic rings. The highest BCUT2D eigenvalue weighted by molar-refractivity contribution is 6.12. The lowest BCUT2D eigenvalue weighted by atomic mass is 9.94. The van der Waals surface area contributed by atoms with Crippen LogP contribution in [0.25, 0.3) is 10.8 Å². The summed E-state index contributed by atoms with van der Waals surface area (Å²) in [6.07, 6.45) is 0. The summed E-state index contributed by atoms with van der Waals surface area (Å²) in [4.78, 5) is 58.3. The van der Waals surface area contributed by atoms with E-state index in [1.165, 1.54) is 24.3 Å². The van der Waals surface area contributed by atoms with Crippen LogP contribution < -0.4 is 9.47 Å². The molecule has 0 heterocycles. The molecule has 0 atom stereocenters. The molecular formula is C54H42N2O8. The largest absolute Gasteiger partial charge is 0.478 e. The second kappa shape index (κ2) is 19.5. The fourth-order valence-corrected chi connectivity index (χ4v) is 7.42. The quantitative estimate of drug-likeness (QED) is 0.0982. The van der Waals surface area contributed by atoms with Crippen LogP contribution in [0.2, 0.25) is 0 Å². The number of para-hydroxylation sites is 2. The molecule has 316 valence electrons. The van der Waals surface area contributed by atoms with E-state index in [0.29, 0.717) is 23.0 Å². The van der Waals surface area contributed by atoms with Gasteiger partial charge in [0.25, 0.3) is 11.8 Å². The molecule has 8 rings (SSSR count). The molecule has 0 radical (unpaired) electrons. The number of fused-ring (bicyclic) bond motifs is 1. The second-order valence-corrected chi connectivity index (χ2v) is 15.2. The van der Waals surface area contributed by atoms with Gasteiger partial charge in [-0.1, -0.05) is 121 Å². The van der Waals surface area contributed by atoms with E-state index in [1.807, 2.05) is 146 Å². The van der Waals surface area contributed by atoms with Gasteiger partial charge in [0, 0.05) is 26.2 Å². The molecule has 10 nitrogen and oxygen atoms in total. The lowest BCUT2D eigenvalue weighted by molar-refractivity contribution is 0.0666. The summed E-state index contributed by atoms with van der Waals surface area (Å²) in [5.41, 5.74) is 2.37. The predicted molar refractivity (Wildman–Crippen MR) is 244 cm³/mol. The zero-order valence-electron chi connectivity index (χ0n) is 34.5. The van der Waals surface area contributed by atoms with Gasteiger partial charge in [0.2, 0.25) is 0 Å². The Morgan fingerprint density at radius 3 is 0.922 bits per heavy atom. The number of hydrogen-bond acceptors (Lipinski definition) is 6. The molecule has 0 spiro atoms. The average Bonchev–Trinajstić information content (AvgIpc) is 3.32. The topological polar surface area (TPSA) is 134 Å². The number of amides is 2. The van der Waals surface area contributed by atoms with Crippen LogP contribution in [-0.2, 0) is 26.2 Å². The number of carboxylic acid groups (broad SMARTS) is 2. The van der Waals surface area contributed by atoms with Crippen molar-refractivity contribution in [1.29, 1.82) is 0 Å². The van der Waals surface area contributed by atoms with Crippen LogP contribution in [-0.4, -0.2) is 43.8 Å². The minimum Gasteiger partial charge on any atom is -0.478 e. The molecule has 0 aliphatic heterocycles. The third-order valence-corrected chi connectivity index (χ3v) is 10.6. The number of rotatable bonds is 16. The molecule has 0 aliphatic rings. The fourth-order valence-electron chi connectivity index (χ4n) is 7.42. The van der Waals surface area contributed by atoms with E-state index in [2.05, 4.69) is 0 Å². The summed E-state index contributed by atoms with van der Waals surface area (Å²) >= 11 is 0. The number of carbonyl (C=O) groups excluding carboxylic acids is 2. The Kier molecular flexibility index (Phi) is 12.8. The molecule has 10 heteroatoms. The maximum absolute atomic E-state index is 14.6. The van der Waals surface area contributed by atoms with Crippen molar-refractivity contribution in [3.8, 4) is 23.0 Å². The first-order chi connectivity index (χ1) is 31.2. The summed E-state index contributed by atoms with van der Waals surface area (Å²) in [5.74, 6) is -1.28. The van der Waals surface area contributed by atoms with Gasteiger partial charge >= 0.3 is 11.9 Å². The molecule has 64 heavy (non-hydrogen) atoms. The van der Waals surface area contributed by atoms with Gasteiger partial charge in [-0.3, -0.25) is 9.59 Å². The Hall–Kier alpha value is -8.50. The first-order valence-electron chi connectivity index (χ1n) is 20.6. The number of benzene rings is 8. The van der Waals surface area contributed by atoms with E-state index >= 15 is 0 Å². The highest BCUT2D eigenvalue weighted by Gasteiger charge is 2.27. The summed E-state index contributed by atoms with van der Waals surface area (Å²) in [6, 6.07) is 57.4. The minimum atomic E-state index is -1.35. The van der Waals surface area contributed by atoms with Gasteiger partial charge in [0.1, 0.15) is 23.0 Å². The lowest BCUT2D eigenvalue weighted by Gasteiger charge is -2.25. The van der Waals surface area contributed by atoms with E-state index in [1.54, 1.807) is 34.1 Å². The highest BCUT2D eigenvalue weighted by Crippen LogP contribution is 2.30. The van der Waals surface area contributed by atoms with Crippen molar-refractivity contribution in [3.63, 3.8) is 0 Å². The van der Waals surface area contributed by atoms with Crippen molar-refractivity contribution in [3.05, 3.63) is 239 Å². The van der Waals surface area contributed by atoms with Crippen molar-refractivity contribution in [1.82, 2.24) is 9.80 Å². The minimum absolute atomic E-state index is 0.124. The molecular weight excluding hydrogens is 805 g/mol. The summed E-state index contributed by atoms with van der Waals surface area (Å²) < 4.78 is 11.9. The SMILES string of the molecule is O=C(O)c1cc2cc(C(=O)N(Cc3ccccc3)Cc3ccc(Oc4ccccc4)cc3)c(C(=O)O)cc2cc1C(=O)N(Cc1ccccc1)Cc1ccc(Oc2ccccc2)cc1. The Labute approximate surface area is 369 Å². The van der Waals surface area contributed by atoms with E-state index in [4.69, 9.17) is 9.47 Å². The van der Waals surface area contributed by atoms with Crippen molar-refractivity contribution in [2.45, 2.75) is 26.2 Å². The van der Waals surface area contributed by atoms with Crippen LogP contribution in [0.4, 0.5) is 0 Å². The normalized spacial score (nSPS) is 10.8. The third-order valence-electron chi connectivity index (χ3n) is 10.6. The standard InChI is InChI=1S/C54H42N2O8/c57-51(55(33-37-13-5-1-6-14-37)35-39-21-25-45(26-22-39)63-43-17-9-3-10-18-43)47-29-41-32-50(54(61)62)48(30-42(41)31-49(47)53(59)60)52(58)56(34-38-15-7-2-8-16-38)36-40-23-27-46(28-24-40)64-44-19-11-4-12-20-44/h1-32H,33-36H2,(H,59,60)(H,61,62). The second-order valence-electron chi connectivity index (χ2n) is 15.2. The maximum Gasteiger partial charge on any atom is 0.336 e. The van der Waals surface area contributed by atoms with E-state index in [-0.39, 0.29) is 59.2 Å². The van der Waals surface area contributed by atoms with Crippen molar-refractivity contribution < 1.29 is 38.9 Å². The van der Waals surface area contributed by atoms with Crippen LogP contribution >= 0.6 is 0 Å². The number of nitrogens with zero attached hydrogens (tertiary/aromatic N) is 2. The molecule has 2 N–H and O–H groups in total. The average molecular weight is 847 g/mol. The van der Waals surface area contributed by atoms with Gasteiger partial charge in [-0.2, -0.15) is 0 Å². The van der Waals surface area contributed by atoms with Crippen LogP contribution in [0.3, 0.4) is 0 Å². The van der Waals surface area contributed by atoms with Crippen molar-refractivity contribution in [2.24, 2.45) is 0 Å². The number of aromatic carboxylic acids is 2. The van der Waals surface area contributed by atoms with Gasteiger partial charge in [-0.15, -0.1) is 0 Å². The van der Waals surface area contributed by atoms with Gasteiger partial charge in [-0.25, -0.2) is 9.59 Å². The Morgan fingerprint density at radius 1 is 0.344 bits per heavy atom. The number of ether oxygens (including phenoxy) is 2. The molecule has 0 saturated carbocycles. The van der Waals surface area contributed by atoms with Gasteiger partial charge < -0.3 is 29.5 Å². The van der Waals surface area contributed by atoms with Crippen molar-refractivity contribution >= 4 is 34.5 Å². The molecule has 0 unspecified atom stereocenters. The molecule has 0 fully saturated rings. The fraction of sp³-hybridized carbons (Fsp3) is 0.0741. The van der Waals surface area contributed by atoms with Crippen LogP contribution in [0.1, 0.15) is 63.7 Å². The Morgan fingerprint density at radius 2 is 0.609 bits per heavy atom. The Bertz CT molecular complexity index is 2710. The first kappa shape index (κ1) is 42.2. The number of carboxylic acids is 2. The maximum atomic E-state index is 14.6. The van der Waals surface area contributed by atoms with Crippen LogP contribution in [0, 0.1) is 0 Å². The van der Waals surface area contributed by atoms with Gasteiger partial charge in [0.05, 0.1) is 22.3 Å². The Balaban J connectivity index is 1.12. The van der Waals surface area contributed by atoms with Gasteiger partial charge in [-0.05, 0) is 106 Å². The molecule has 0 bridgehead atoms. The van der Waals surface area contributed by atoms with E-state index < -0.39 is 23.8 Å². The van der Waals surface area contributed by atoms with Crippen LogP contribution in [0.5, 0.6) is 23.0 Å². The van der Waals surface area contributed by atoms with E-state index in [0.717, 1.165) is 22.3 Å². The molecule has 2 amide bonds. The highest BCUT2D eigenvalue weighted by atomic mass is 16.5. The van der Waals surface area contributed by atoms with Gasteiger partial charge in [0.15, 0.2) is 0 Å². The number of carbonyl (C=O) groups is 4. The monoisotopic (exact) mass is 846 g/mol. The third kappa shape index (κ3) is 10.3. The predicted octanol–water partition coefficient (Wildman–Crippen LogP) is 11.5. The summed E-state index contributed by atoms with van der Waals surface area (Å²) in [5, 5.41) is 21.7. The zero-order chi connectivity index (χ0) is 44.4. The molecule has 0 aromatic heterocycles. The number of hydrogen-bond donors (Lipinski definition) is 2. The first-order valence-corrected chi connectivity index (χ1v) is 20.6. The lowest BCUT2D eigenvalue weighted by Crippen LogP contribution is -2.32. The van der Waals surface area contributed by atoms with Crippen LogP contribution in [0.15, 0.2) is 194 Å². The zero-order valence-corrected chi connectivity index (χ0v) is 34.5. The summed E-state index contributed by atoms with van der Waals surface area (Å²) in [6.45, 7) is 0.578. The molecule has 0 saturated heterocycles. The smallest absolute Gasteiger partial charge is 0.336 e. The van der Waals surface area contributed by atoms with E-state index in [9.17, 15) is 29.4 Å².